The van der Waals surface area contributed by atoms with Gasteiger partial charge in [0.2, 0.25) is 59.1 Å². The molecule has 10 amide bonds. The fraction of sp³-hybridized carbons (Fsp3) is 0.603. The molecule has 17 N–H and O–H groups in total. The lowest BCUT2D eigenvalue weighted by Crippen LogP contribution is -2.62. The molecule has 5 fully saturated rings. The Morgan fingerprint density at radius 1 is 0.641 bits per heavy atom. The van der Waals surface area contributed by atoms with E-state index in [4.69, 9.17) is 28.7 Å². The molecular formula is C63H91N17O12. The molecule has 2 aromatic carbocycles. The number of hydrogen-bond acceptors (Lipinski definition) is 14. The van der Waals surface area contributed by atoms with Gasteiger partial charge in [-0.1, -0.05) is 67.4 Å². The predicted molar refractivity (Wildman–Crippen MR) is 337 cm³/mol. The number of nitrogens with zero attached hydrogens (tertiary/aromatic N) is 6. The van der Waals surface area contributed by atoms with Crippen LogP contribution in [-0.4, -0.2) is 201 Å². The van der Waals surface area contributed by atoms with Crippen molar-refractivity contribution in [3.8, 4) is 0 Å². The summed E-state index contributed by atoms with van der Waals surface area (Å²) in [6, 6.07) is 4.98. The lowest BCUT2D eigenvalue weighted by Gasteiger charge is -2.42. The molecule has 4 saturated heterocycles. The van der Waals surface area contributed by atoms with Crippen LogP contribution in [0.1, 0.15) is 132 Å². The molecule has 29 heteroatoms. The minimum absolute atomic E-state index is 0.00178. The molecule has 500 valence electrons. The molecule has 2 aromatic rings. The third kappa shape index (κ3) is 18.2. The summed E-state index contributed by atoms with van der Waals surface area (Å²) in [6.07, 6.45) is 5.53. The molecule has 6 aliphatic rings. The van der Waals surface area contributed by atoms with Crippen molar-refractivity contribution >= 4 is 77.0 Å². The van der Waals surface area contributed by atoms with Crippen LogP contribution >= 0.6 is 0 Å². The van der Waals surface area contributed by atoms with E-state index >= 15 is 14.4 Å². The summed E-state index contributed by atoms with van der Waals surface area (Å²) in [5, 5.41) is 26.8. The number of nitrogens with two attached hydrogens (primary N) is 5. The number of aliphatic carboxylic acids is 1. The summed E-state index contributed by atoms with van der Waals surface area (Å²) in [5.74, 6) is -7.92. The Morgan fingerprint density at radius 2 is 1.30 bits per heavy atom. The summed E-state index contributed by atoms with van der Waals surface area (Å²) in [7, 11) is 0. The van der Waals surface area contributed by atoms with Crippen molar-refractivity contribution in [3.05, 3.63) is 71.3 Å². The number of hydrogen-bond donors (Lipinski definition) is 12. The number of guanidine groups is 2. The Kier molecular flexibility index (Phi) is 24.7. The van der Waals surface area contributed by atoms with E-state index in [0.717, 1.165) is 24.8 Å². The maximum Gasteiger partial charge on any atom is 0.326 e. The minimum atomic E-state index is -1.50. The molecule has 5 heterocycles. The van der Waals surface area contributed by atoms with Crippen LogP contribution in [0.4, 0.5) is 0 Å². The van der Waals surface area contributed by atoms with Crippen molar-refractivity contribution < 1.29 is 57.8 Å². The number of amides is 10. The van der Waals surface area contributed by atoms with Gasteiger partial charge in [-0.25, -0.2) is 4.79 Å². The monoisotopic (exact) mass is 1280 g/mol. The molecule has 92 heavy (non-hydrogen) atoms. The number of carbonyl (C=O) groups excluding carboxylic acids is 10. The van der Waals surface area contributed by atoms with E-state index in [9.17, 15) is 43.5 Å². The Bertz CT molecular complexity index is 3070. The van der Waals surface area contributed by atoms with Gasteiger partial charge in [-0.15, -0.1) is 0 Å². The van der Waals surface area contributed by atoms with Crippen molar-refractivity contribution in [2.24, 2.45) is 44.6 Å². The maximum atomic E-state index is 15.7. The molecule has 5 aliphatic heterocycles. The largest absolute Gasteiger partial charge is 0.480 e. The lowest BCUT2D eigenvalue weighted by molar-refractivity contribution is -0.153. The zero-order chi connectivity index (χ0) is 66.0. The zero-order valence-electron chi connectivity index (χ0n) is 52.1. The first-order chi connectivity index (χ1) is 44.2. The second-order valence-electron chi connectivity index (χ2n) is 24.9. The van der Waals surface area contributed by atoms with Crippen molar-refractivity contribution in [2.75, 3.05) is 39.3 Å². The quantitative estimate of drug-likeness (QED) is 0.0520. The van der Waals surface area contributed by atoms with Crippen LogP contribution in [0.5, 0.6) is 0 Å². The van der Waals surface area contributed by atoms with Crippen LogP contribution < -0.4 is 60.6 Å². The highest BCUT2D eigenvalue weighted by Gasteiger charge is 2.52. The van der Waals surface area contributed by atoms with Crippen molar-refractivity contribution in [2.45, 2.75) is 195 Å². The van der Waals surface area contributed by atoms with Crippen LogP contribution in [0, 0.1) is 5.92 Å². The van der Waals surface area contributed by atoms with E-state index in [0.29, 0.717) is 56.1 Å². The van der Waals surface area contributed by atoms with Crippen LogP contribution in [0.3, 0.4) is 0 Å². The van der Waals surface area contributed by atoms with Crippen LogP contribution in [-0.2, 0) is 72.1 Å². The Labute approximate surface area is 534 Å². The van der Waals surface area contributed by atoms with Crippen molar-refractivity contribution in [1.29, 1.82) is 0 Å². The zero-order valence-corrected chi connectivity index (χ0v) is 52.1. The van der Waals surface area contributed by atoms with E-state index in [1.807, 2.05) is 18.2 Å². The van der Waals surface area contributed by atoms with E-state index in [-0.39, 0.29) is 121 Å². The minimum Gasteiger partial charge on any atom is -0.480 e. The van der Waals surface area contributed by atoms with Crippen LogP contribution in [0.25, 0.3) is 0 Å². The second-order valence-corrected chi connectivity index (χ2v) is 24.9. The van der Waals surface area contributed by atoms with Gasteiger partial charge in [-0.2, -0.15) is 0 Å². The number of carbonyl (C=O) groups is 11. The number of carboxylic acid groups (broad SMARTS) is 1. The predicted octanol–water partition coefficient (Wildman–Crippen LogP) is -2.02. The van der Waals surface area contributed by atoms with Crippen LogP contribution in [0.15, 0.2) is 64.6 Å². The normalized spacial score (nSPS) is 26.8. The van der Waals surface area contributed by atoms with E-state index in [1.54, 1.807) is 41.3 Å². The van der Waals surface area contributed by atoms with Crippen molar-refractivity contribution in [1.82, 2.24) is 51.5 Å². The highest BCUT2D eigenvalue weighted by Crippen LogP contribution is 2.41. The van der Waals surface area contributed by atoms with Gasteiger partial charge >= 0.3 is 5.97 Å². The standard InChI is InChI=1S/C63H91N17O12/c64-41-19-8-9-27-69-51(81)26-25-43(58(88)79-36-40-18-5-4-16-38(40)33-50(79)60(90)80-46-22-7-6-17-39(46)34-49(80)56(86)76-44(61(91)92)21-11-29-71-63(67)68)75-54(84)45(32-37-14-2-1-3-15-37)73-52(82)35-72-55(85)47-23-12-30-77(47)59(89)48-24-13-31-78(48)57(87)42(74-53(41)83)20-10-28-70-62(65)66/h1-5,14-16,18,39,41-50H,6-13,17,19-36,64H2,(H,69,81)(H,72,85)(H,73,82)(H,74,83)(H,75,84)(H,76,86)(H,91,92)(H4,65,66,70)(H4,67,68,71)/t39?,41-,42-,43-,44-,45-,46?,47-,48-,49?,50+/m0/s1. The van der Waals surface area contributed by atoms with E-state index in [1.165, 1.54) is 14.7 Å². The first-order valence-electron chi connectivity index (χ1n) is 32.4. The Balaban J connectivity index is 1.07. The first-order valence-corrected chi connectivity index (χ1v) is 32.4. The molecule has 1 aliphatic carbocycles. The summed E-state index contributed by atoms with van der Waals surface area (Å²) in [4.78, 5) is 172. The molecule has 29 nitrogen and oxygen atoms in total. The first kappa shape index (κ1) is 69.0. The topological polar surface area (TPSA) is 448 Å². The third-order valence-corrected chi connectivity index (χ3v) is 18.5. The Hall–Kier alpha value is -8.89. The SMILES string of the molecule is NC(N)=NCCC[C@H](NC(=O)C1CC2CCCCC2N1C(=O)[C@H]1Cc2ccccc2CN1C(=O)[C@@H]1CCC(=O)NCCCC[C@H](N)C(=O)N[C@@H](CCCN=C(N)N)C(=O)N2CCC[C@H]2C(=O)N2CCC[C@H]2C(=O)NCC(=O)N[C@@H](Cc2ccccc2)C(=O)N1)C(=O)O. The summed E-state index contributed by atoms with van der Waals surface area (Å²) in [6.45, 7) is 0.0956. The van der Waals surface area contributed by atoms with Gasteiger partial charge in [-0.05, 0) is 119 Å². The molecule has 0 spiro atoms. The average molecular weight is 1280 g/mol. The number of fused-ring (bicyclic) bond motifs is 4. The fourth-order valence-electron chi connectivity index (χ4n) is 13.7. The molecule has 0 bridgehead atoms. The third-order valence-electron chi connectivity index (χ3n) is 18.5. The smallest absolute Gasteiger partial charge is 0.326 e. The van der Waals surface area contributed by atoms with Crippen molar-refractivity contribution in [3.63, 3.8) is 0 Å². The summed E-state index contributed by atoms with van der Waals surface area (Å²) in [5.41, 5.74) is 30.6. The average Bonchev–Trinajstić information content (AvgIpc) is 1.52. The van der Waals surface area contributed by atoms with Gasteiger partial charge in [0.15, 0.2) is 11.9 Å². The van der Waals surface area contributed by atoms with Gasteiger partial charge in [0.25, 0.3) is 0 Å². The highest BCUT2D eigenvalue weighted by molar-refractivity contribution is 5.99. The van der Waals surface area contributed by atoms with E-state index < -0.39 is 132 Å². The summed E-state index contributed by atoms with van der Waals surface area (Å²) < 4.78 is 0. The number of likely N-dealkylation sites (tertiary alicyclic amines) is 1. The molecule has 11 atom stereocenters. The second kappa shape index (κ2) is 32.9. The fourth-order valence-corrected chi connectivity index (χ4v) is 13.7. The number of rotatable bonds is 15. The van der Waals surface area contributed by atoms with Gasteiger partial charge in [0.05, 0.1) is 12.6 Å². The number of benzene rings is 2. The lowest BCUT2D eigenvalue weighted by atomic mass is 9.84. The molecule has 8 rings (SSSR count). The van der Waals surface area contributed by atoms with Gasteiger partial charge < -0.3 is 85.3 Å². The van der Waals surface area contributed by atoms with Crippen LogP contribution in [0.2, 0.25) is 0 Å². The number of aliphatic imine (C=N–C) groups is 2. The Morgan fingerprint density at radius 3 is 2.02 bits per heavy atom. The summed E-state index contributed by atoms with van der Waals surface area (Å²) >= 11 is 0. The maximum absolute atomic E-state index is 15.7. The number of carboxylic acids is 1. The molecule has 3 unspecified atom stereocenters. The molecular weight excluding hydrogens is 1190 g/mol. The highest BCUT2D eigenvalue weighted by atomic mass is 16.4. The van der Waals surface area contributed by atoms with E-state index in [2.05, 4.69) is 41.9 Å². The van der Waals surface area contributed by atoms with Gasteiger partial charge in [0, 0.05) is 64.6 Å². The number of nitrogens with one attached hydrogen (secondary N) is 6. The van der Waals surface area contributed by atoms with Gasteiger partial charge in [-0.3, -0.25) is 57.9 Å². The molecule has 0 aromatic heterocycles. The van der Waals surface area contributed by atoms with Gasteiger partial charge in [0.1, 0.15) is 48.3 Å². The molecule has 0 radical (unpaired) electrons. The molecule has 1 saturated carbocycles.